The number of aromatic amines is 1. The fraction of sp³-hybridized carbons (Fsp3) is 0.727. The fourth-order valence-corrected chi connectivity index (χ4v) is 2.21. The molecule has 6 nitrogen and oxygen atoms in total. The minimum atomic E-state index is -0.0597. The second-order valence-corrected chi connectivity index (χ2v) is 4.39. The molecule has 1 fully saturated rings. The Bertz CT molecular complexity index is 345. The zero-order valence-electron chi connectivity index (χ0n) is 10.1. The molecule has 2 N–H and O–H groups in total. The van der Waals surface area contributed by atoms with Crippen molar-refractivity contribution in [3.8, 4) is 0 Å². The molecule has 1 unspecified atom stereocenters. The van der Waals surface area contributed by atoms with Crippen LogP contribution in [-0.4, -0.2) is 52.2 Å². The van der Waals surface area contributed by atoms with E-state index in [-0.39, 0.29) is 5.91 Å². The van der Waals surface area contributed by atoms with E-state index in [1.807, 2.05) is 11.8 Å². The lowest BCUT2D eigenvalue weighted by Gasteiger charge is -2.28. The first kappa shape index (κ1) is 12.0. The molecular formula is C11H19N5O. The molecule has 1 amide bonds. The van der Waals surface area contributed by atoms with Gasteiger partial charge in [0.25, 0.3) is 5.91 Å². The van der Waals surface area contributed by atoms with Crippen molar-refractivity contribution in [2.45, 2.75) is 19.8 Å². The van der Waals surface area contributed by atoms with Gasteiger partial charge in [0.05, 0.1) is 0 Å². The van der Waals surface area contributed by atoms with Crippen LogP contribution in [0.15, 0.2) is 6.33 Å². The highest BCUT2D eigenvalue weighted by molar-refractivity contribution is 5.90. The van der Waals surface area contributed by atoms with Gasteiger partial charge in [0, 0.05) is 13.1 Å². The number of carbonyl (C=O) groups is 1. The molecule has 6 heteroatoms. The van der Waals surface area contributed by atoms with Crippen molar-refractivity contribution in [2.24, 2.45) is 5.92 Å². The maximum absolute atomic E-state index is 12.1. The van der Waals surface area contributed by atoms with Gasteiger partial charge in [0.2, 0.25) is 5.82 Å². The lowest BCUT2D eigenvalue weighted by Crippen LogP contribution is -2.41. The highest BCUT2D eigenvalue weighted by Gasteiger charge is 2.21. The Morgan fingerprint density at radius 1 is 1.65 bits per heavy atom. The van der Waals surface area contributed by atoms with Crippen LogP contribution in [0.5, 0.6) is 0 Å². The van der Waals surface area contributed by atoms with E-state index in [9.17, 15) is 4.79 Å². The van der Waals surface area contributed by atoms with Gasteiger partial charge in [-0.05, 0) is 38.8 Å². The van der Waals surface area contributed by atoms with Gasteiger partial charge < -0.3 is 10.2 Å². The number of rotatable bonds is 4. The van der Waals surface area contributed by atoms with Crippen LogP contribution in [0.4, 0.5) is 0 Å². The van der Waals surface area contributed by atoms with Crippen LogP contribution in [0, 0.1) is 5.92 Å². The summed E-state index contributed by atoms with van der Waals surface area (Å²) in [7, 11) is 0. The minimum absolute atomic E-state index is 0.0597. The molecule has 0 bridgehead atoms. The molecule has 94 valence electrons. The molecular weight excluding hydrogens is 218 g/mol. The minimum Gasteiger partial charge on any atom is -0.336 e. The number of H-pyrrole nitrogens is 1. The van der Waals surface area contributed by atoms with Gasteiger partial charge >= 0.3 is 0 Å². The fourth-order valence-electron chi connectivity index (χ4n) is 2.21. The average molecular weight is 237 g/mol. The Morgan fingerprint density at radius 3 is 3.12 bits per heavy atom. The number of nitrogens with one attached hydrogen (secondary N) is 2. The smallest absolute Gasteiger partial charge is 0.291 e. The van der Waals surface area contributed by atoms with E-state index in [1.165, 1.54) is 19.2 Å². The van der Waals surface area contributed by atoms with Crippen LogP contribution < -0.4 is 5.32 Å². The number of hydrogen-bond acceptors (Lipinski definition) is 4. The van der Waals surface area contributed by atoms with Gasteiger partial charge in [0.1, 0.15) is 6.33 Å². The van der Waals surface area contributed by atoms with Crippen molar-refractivity contribution < 1.29 is 4.79 Å². The number of hydrogen-bond donors (Lipinski definition) is 2. The summed E-state index contributed by atoms with van der Waals surface area (Å²) in [6.07, 6.45) is 3.75. The second-order valence-electron chi connectivity index (χ2n) is 4.39. The van der Waals surface area contributed by atoms with Gasteiger partial charge in [-0.15, -0.1) is 0 Å². The number of piperidine rings is 1. The molecule has 0 radical (unpaired) electrons. The standard InChI is InChI=1S/C11H19N5O/c1-2-16(7-9-4-3-5-12-6-9)11(17)10-13-8-14-15-10/h8-9,12H,2-7H2,1H3,(H,13,14,15). The second kappa shape index (κ2) is 5.77. The van der Waals surface area contributed by atoms with E-state index in [2.05, 4.69) is 20.5 Å². The average Bonchev–Trinajstić information content (AvgIpc) is 2.90. The summed E-state index contributed by atoms with van der Waals surface area (Å²) in [5, 5.41) is 9.70. The molecule has 0 spiro atoms. The van der Waals surface area contributed by atoms with Crippen LogP contribution in [-0.2, 0) is 0 Å². The van der Waals surface area contributed by atoms with E-state index in [4.69, 9.17) is 0 Å². The Balaban J connectivity index is 1.93. The van der Waals surface area contributed by atoms with Crippen LogP contribution in [0.25, 0.3) is 0 Å². The SMILES string of the molecule is CCN(CC1CCCNC1)C(=O)c1ncn[nH]1. The zero-order chi connectivity index (χ0) is 12.1. The summed E-state index contributed by atoms with van der Waals surface area (Å²) >= 11 is 0. The summed E-state index contributed by atoms with van der Waals surface area (Å²) in [6, 6.07) is 0. The van der Waals surface area contributed by atoms with Crippen molar-refractivity contribution in [3.63, 3.8) is 0 Å². The quantitative estimate of drug-likeness (QED) is 0.788. The Kier molecular flexibility index (Phi) is 4.08. The maximum Gasteiger partial charge on any atom is 0.291 e. The van der Waals surface area contributed by atoms with Crippen molar-refractivity contribution >= 4 is 5.91 Å². The third-order valence-corrected chi connectivity index (χ3v) is 3.16. The summed E-state index contributed by atoms with van der Waals surface area (Å²) in [4.78, 5) is 17.8. The lowest BCUT2D eigenvalue weighted by molar-refractivity contribution is 0.0717. The summed E-state index contributed by atoms with van der Waals surface area (Å²) in [5.41, 5.74) is 0. The van der Waals surface area contributed by atoms with Gasteiger partial charge in [-0.3, -0.25) is 9.89 Å². The third kappa shape index (κ3) is 3.03. The van der Waals surface area contributed by atoms with Gasteiger partial charge in [-0.1, -0.05) is 0 Å². The van der Waals surface area contributed by atoms with E-state index < -0.39 is 0 Å². The first-order valence-corrected chi connectivity index (χ1v) is 6.16. The van der Waals surface area contributed by atoms with Crippen molar-refractivity contribution in [1.29, 1.82) is 0 Å². The Labute approximate surface area is 101 Å². The highest BCUT2D eigenvalue weighted by atomic mass is 16.2. The maximum atomic E-state index is 12.1. The van der Waals surface area contributed by atoms with Crippen molar-refractivity contribution in [3.05, 3.63) is 12.2 Å². The zero-order valence-corrected chi connectivity index (χ0v) is 10.1. The Morgan fingerprint density at radius 2 is 2.53 bits per heavy atom. The largest absolute Gasteiger partial charge is 0.336 e. The molecule has 0 aliphatic carbocycles. The molecule has 1 aromatic rings. The topological polar surface area (TPSA) is 73.9 Å². The number of amides is 1. The third-order valence-electron chi connectivity index (χ3n) is 3.16. The van der Waals surface area contributed by atoms with Gasteiger partial charge in [-0.25, -0.2) is 4.98 Å². The highest BCUT2D eigenvalue weighted by Crippen LogP contribution is 2.12. The molecule has 1 aliphatic rings. The normalized spacial score (nSPS) is 20.2. The predicted molar refractivity (Wildman–Crippen MR) is 63.6 cm³/mol. The first-order chi connectivity index (χ1) is 8.31. The molecule has 1 saturated heterocycles. The molecule has 0 saturated carbocycles. The van der Waals surface area contributed by atoms with Gasteiger partial charge in [-0.2, -0.15) is 5.10 Å². The Hall–Kier alpha value is -1.43. The summed E-state index contributed by atoms with van der Waals surface area (Å²) in [6.45, 7) is 5.59. The van der Waals surface area contributed by atoms with Gasteiger partial charge in [0.15, 0.2) is 0 Å². The molecule has 0 aromatic carbocycles. The molecule has 17 heavy (non-hydrogen) atoms. The summed E-state index contributed by atoms with van der Waals surface area (Å²) in [5.74, 6) is 0.821. The molecule has 1 atom stereocenters. The molecule has 1 aromatic heterocycles. The number of carbonyl (C=O) groups excluding carboxylic acids is 1. The van der Waals surface area contributed by atoms with Crippen LogP contribution >= 0.6 is 0 Å². The monoisotopic (exact) mass is 237 g/mol. The molecule has 1 aliphatic heterocycles. The van der Waals surface area contributed by atoms with Crippen LogP contribution in [0.2, 0.25) is 0 Å². The van der Waals surface area contributed by atoms with E-state index >= 15 is 0 Å². The van der Waals surface area contributed by atoms with E-state index in [1.54, 1.807) is 0 Å². The van der Waals surface area contributed by atoms with Crippen molar-refractivity contribution in [2.75, 3.05) is 26.2 Å². The first-order valence-electron chi connectivity index (χ1n) is 6.16. The lowest BCUT2D eigenvalue weighted by atomic mass is 9.99. The van der Waals surface area contributed by atoms with E-state index in [0.29, 0.717) is 18.3 Å². The summed E-state index contributed by atoms with van der Waals surface area (Å²) < 4.78 is 0. The van der Waals surface area contributed by atoms with E-state index in [0.717, 1.165) is 19.6 Å². The van der Waals surface area contributed by atoms with Crippen LogP contribution in [0.1, 0.15) is 30.4 Å². The number of aromatic nitrogens is 3. The number of nitrogens with zero attached hydrogens (tertiary/aromatic N) is 3. The molecule has 2 heterocycles. The van der Waals surface area contributed by atoms with Crippen LogP contribution in [0.3, 0.4) is 0 Å². The van der Waals surface area contributed by atoms with Crippen molar-refractivity contribution in [1.82, 2.24) is 25.4 Å². The molecule has 2 rings (SSSR count). The predicted octanol–water partition coefficient (Wildman–Crippen LogP) is 0.266.